The van der Waals surface area contributed by atoms with E-state index in [9.17, 15) is 9.59 Å². The standard InChI is InChI=1S/C21H21N5O3/c1-14-3-2-4-16(11-14)20(28)23-12-18-24-21(29-25-18)17-5-6-19(27)26(17)13-15-7-9-22-10-8-15/h2-4,7-11,17H,5-6,12-13H2,1H3,(H,23,28)/t17-/m0/s1. The Hall–Kier alpha value is -3.55. The fraction of sp³-hybridized carbons (Fsp3) is 0.286. The van der Waals surface area contributed by atoms with Crippen molar-refractivity contribution in [1.82, 2.24) is 25.3 Å². The normalized spacial score (nSPS) is 16.2. The molecule has 2 amide bonds. The lowest BCUT2D eigenvalue weighted by atomic mass is 10.1. The van der Waals surface area contributed by atoms with Crippen molar-refractivity contribution in [1.29, 1.82) is 0 Å². The zero-order valence-corrected chi connectivity index (χ0v) is 16.0. The number of benzene rings is 1. The van der Waals surface area contributed by atoms with Crippen LogP contribution in [0, 0.1) is 6.92 Å². The molecule has 0 spiro atoms. The van der Waals surface area contributed by atoms with Gasteiger partial charge in [0.15, 0.2) is 5.82 Å². The number of hydrogen-bond acceptors (Lipinski definition) is 6. The van der Waals surface area contributed by atoms with Crippen LogP contribution in [0.2, 0.25) is 0 Å². The van der Waals surface area contributed by atoms with Crippen LogP contribution in [0.15, 0.2) is 53.3 Å². The van der Waals surface area contributed by atoms with Gasteiger partial charge in [-0.3, -0.25) is 14.6 Å². The first kappa shape index (κ1) is 18.8. The molecule has 1 aliphatic rings. The van der Waals surface area contributed by atoms with Crippen LogP contribution >= 0.6 is 0 Å². The topological polar surface area (TPSA) is 101 Å². The number of hydrogen-bond donors (Lipinski definition) is 1. The number of rotatable bonds is 6. The van der Waals surface area contributed by atoms with E-state index in [1.807, 2.05) is 37.3 Å². The average Bonchev–Trinajstić information content (AvgIpc) is 3.34. The highest BCUT2D eigenvalue weighted by atomic mass is 16.5. The highest BCUT2D eigenvalue weighted by Crippen LogP contribution is 2.33. The van der Waals surface area contributed by atoms with E-state index >= 15 is 0 Å². The van der Waals surface area contributed by atoms with Crippen LogP contribution in [0.4, 0.5) is 0 Å². The quantitative estimate of drug-likeness (QED) is 0.693. The van der Waals surface area contributed by atoms with Crippen molar-refractivity contribution in [2.24, 2.45) is 0 Å². The molecule has 148 valence electrons. The van der Waals surface area contributed by atoms with Gasteiger partial charge < -0.3 is 14.7 Å². The summed E-state index contributed by atoms with van der Waals surface area (Å²) in [6, 6.07) is 10.8. The second-order valence-corrected chi connectivity index (χ2v) is 7.03. The molecule has 8 nitrogen and oxygen atoms in total. The molecule has 1 aliphatic heterocycles. The van der Waals surface area contributed by atoms with Gasteiger partial charge in [-0.15, -0.1) is 0 Å². The molecule has 4 rings (SSSR count). The molecule has 3 aromatic rings. The van der Waals surface area contributed by atoms with E-state index < -0.39 is 0 Å². The fourth-order valence-electron chi connectivity index (χ4n) is 3.40. The van der Waals surface area contributed by atoms with E-state index in [2.05, 4.69) is 20.4 Å². The predicted molar refractivity (Wildman–Crippen MR) is 103 cm³/mol. The third-order valence-corrected chi connectivity index (χ3v) is 4.89. The maximum Gasteiger partial charge on any atom is 0.251 e. The fourth-order valence-corrected chi connectivity index (χ4v) is 3.40. The summed E-state index contributed by atoms with van der Waals surface area (Å²) in [6.07, 6.45) is 4.47. The minimum absolute atomic E-state index is 0.0549. The Labute approximate surface area is 167 Å². The molecular weight excluding hydrogens is 370 g/mol. The number of carbonyl (C=O) groups excluding carboxylic acids is 2. The maximum absolute atomic E-state index is 12.3. The van der Waals surface area contributed by atoms with Gasteiger partial charge in [-0.25, -0.2) is 0 Å². The monoisotopic (exact) mass is 391 g/mol. The molecule has 1 atom stereocenters. The highest BCUT2D eigenvalue weighted by molar-refractivity contribution is 5.94. The summed E-state index contributed by atoms with van der Waals surface area (Å²) < 4.78 is 5.40. The number of aromatic nitrogens is 3. The first-order chi connectivity index (χ1) is 14.1. The van der Waals surface area contributed by atoms with Gasteiger partial charge in [-0.1, -0.05) is 22.9 Å². The molecule has 1 fully saturated rings. The van der Waals surface area contributed by atoms with Crippen molar-refractivity contribution in [2.75, 3.05) is 0 Å². The van der Waals surface area contributed by atoms with Gasteiger partial charge in [0.2, 0.25) is 11.8 Å². The van der Waals surface area contributed by atoms with Gasteiger partial charge in [0.05, 0.1) is 6.54 Å². The maximum atomic E-state index is 12.3. The SMILES string of the molecule is Cc1cccc(C(=O)NCc2noc([C@@H]3CCC(=O)N3Cc3ccncc3)n2)c1. The summed E-state index contributed by atoms with van der Waals surface area (Å²) in [5, 5.41) is 6.76. The van der Waals surface area contributed by atoms with Crippen LogP contribution in [0.25, 0.3) is 0 Å². The van der Waals surface area contributed by atoms with Crippen LogP contribution in [-0.2, 0) is 17.9 Å². The Morgan fingerprint density at radius 1 is 1.28 bits per heavy atom. The van der Waals surface area contributed by atoms with Crippen LogP contribution in [0.1, 0.15) is 52.1 Å². The number of likely N-dealkylation sites (tertiary alicyclic amines) is 1. The molecule has 1 N–H and O–H groups in total. The zero-order chi connectivity index (χ0) is 20.2. The molecule has 0 saturated carbocycles. The van der Waals surface area contributed by atoms with Crippen LogP contribution in [0.5, 0.6) is 0 Å². The summed E-state index contributed by atoms with van der Waals surface area (Å²) in [4.78, 5) is 34.8. The lowest BCUT2D eigenvalue weighted by Crippen LogP contribution is -2.27. The number of carbonyl (C=O) groups is 2. The number of nitrogens with zero attached hydrogens (tertiary/aromatic N) is 4. The molecule has 0 bridgehead atoms. The summed E-state index contributed by atoms with van der Waals surface area (Å²) in [6.45, 7) is 2.55. The lowest BCUT2D eigenvalue weighted by Gasteiger charge is -2.21. The molecule has 2 aromatic heterocycles. The Bertz CT molecular complexity index is 1020. The molecule has 1 aromatic carbocycles. The van der Waals surface area contributed by atoms with Crippen LogP contribution in [0.3, 0.4) is 0 Å². The second kappa shape index (κ2) is 8.22. The molecule has 0 aliphatic carbocycles. The molecule has 0 unspecified atom stereocenters. The Morgan fingerprint density at radius 2 is 2.10 bits per heavy atom. The zero-order valence-electron chi connectivity index (χ0n) is 16.0. The molecule has 8 heteroatoms. The minimum atomic E-state index is -0.260. The van der Waals surface area contributed by atoms with Crippen molar-refractivity contribution in [2.45, 2.75) is 38.9 Å². The van der Waals surface area contributed by atoms with Gasteiger partial charge in [0.1, 0.15) is 6.04 Å². The van der Waals surface area contributed by atoms with Gasteiger partial charge in [-0.05, 0) is 43.2 Å². The number of pyridine rings is 1. The molecular formula is C21H21N5O3. The molecule has 1 saturated heterocycles. The van der Waals surface area contributed by atoms with Crippen molar-refractivity contribution >= 4 is 11.8 Å². The lowest BCUT2D eigenvalue weighted by molar-refractivity contribution is -0.130. The van der Waals surface area contributed by atoms with E-state index in [-0.39, 0.29) is 24.4 Å². The molecule has 3 heterocycles. The minimum Gasteiger partial charge on any atom is -0.345 e. The third-order valence-electron chi connectivity index (χ3n) is 4.89. The van der Waals surface area contributed by atoms with Crippen LogP contribution in [-0.4, -0.2) is 31.8 Å². The van der Waals surface area contributed by atoms with E-state index in [0.717, 1.165) is 11.1 Å². The van der Waals surface area contributed by atoms with Gasteiger partial charge in [0, 0.05) is 30.9 Å². The molecule has 29 heavy (non-hydrogen) atoms. The van der Waals surface area contributed by atoms with Crippen LogP contribution < -0.4 is 5.32 Å². The average molecular weight is 391 g/mol. The summed E-state index contributed by atoms with van der Waals surface area (Å²) in [5.74, 6) is 0.628. The van der Waals surface area contributed by atoms with E-state index in [0.29, 0.717) is 36.7 Å². The Kier molecular flexibility index (Phi) is 5.33. The second-order valence-electron chi connectivity index (χ2n) is 7.03. The van der Waals surface area contributed by atoms with Gasteiger partial charge in [-0.2, -0.15) is 4.98 Å². The number of nitrogens with one attached hydrogen (secondary N) is 1. The first-order valence-electron chi connectivity index (χ1n) is 9.46. The van der Waals surface area contributed by atoms with Crippen molar-refractivity contribution in [3.8, 4) is 0 Å². The predicted octanol–water partition coefficient (Wildman–Crippen LogP) is 2.57. The molecule has 0 radical (unpaired) electrons. The van der Waals surface area contributed by atoms with E-state index in [4.69, 9.17) is 4.52 Å². The Balaban J connectivity index is 1.41. The summed E-state index contributed by atoms with van der Waals surface area (Å²) >= 11 is 0. The van der Waals surface area contributed by atoms with Gasteiger partial charge >= 0.3 is 0 Å². The van der Waals surface area contributed by atoms with Crippen molar-refractivity contribution in [3.63, 3.8) is 0 Å². The largest absolute Gasteiger partial charge is 0.345 e. The smallest absolute Gasteiger partial charge is 0.251 e. The van der Waals surface area contributed by atoms with E-state index in [1.165, 1.54) is 0 Å². The summed E-state index contributed by atoms with van der Waals surface area (Å²) in [5.41, 5.74) is 2.59. The number of aryl methyl sites for hydroxylation is 1. The van der Waals surface area contributed by atoms with Gasteiger partial charge in [0.25, 0.3) is 5.91 Å². The van der Waals surface area contributed by atoms with Crippen molar-refractivity contribution < 1.29 is 14.1 Å². The number of amides is 2. The van der Waals surface area contributed by atoms with E-state index in [1.54, 1.807) is 23.4 Å². The highest BCUT2D eigenvalue weighted by Gasteiger charge is 2.35. The Morgan fingerprint density at radius 3 is 2.90 bits per heavy atom. The van der Waals surface area contributed by atoms with Crippen molar-refractivity contribution in [3.05, 3.63) is 77.2 Å². The summed E-state index contributed by atoms with van der Waals surface area (Å²) in [7, 11) is 0. The third kappa shape index (κ3) is 4.31. The first-order valence-corrected chi connectivity index (χ1v) is 9.46.